The van der Waals surface area contributed by atoms with Gasteiger partial charge in [0.15, 0.2) is 10.2 Å². The molecule has 0 fully saturated rings. The lowest BCUT2D eigenvalue weighted by Crippen LogP contribution is -2.25. The zero-order chi connectivity index (χ0) is 19.5. The van der Waals surface area contributed by atoms with Crippen molar-refractivity contribution in [1.82, 2.24) is 20.2 Å². The summed E-state index contributed by atoms with van der Waals surface area (Å²) in [5.41, 5.74) is 2.26. The van der Waals surface area contributed by atoms with Gasteiger partial charge in [0, 0.05) is 18.2 Å². The van der Waals surface area contributed by atoms with Gasteiger partial charge in [0.05, 0.1) is 23.1 Å². The molecular weight excluding hydrogens is 396 g/mol. The summed E-state index contributed by atoms with van der Waals surface area (Å²) in [6.45, 7) is 0. The van der Waals surface area contributed by atoms with Crippen LogP contribution < -0.4 is 0 Å². The molecular formula is C19H16N4O3S2. The Bertz CT molecular complexity index is 1070. The van der Waals surface area contributed by atoms with Gasteiger partial charge in [-0.05, 0) is 36.4 Å². The number of para-hydroxylation sites is 1. The Morgan fingerprint density at radius 1 is 1.18 bits per heavy atom. The molecule has 0 atom stereocenters. The number of rotatable bonds is 6. The van der Waals surface area contributed by atoms with Crippen LogP contribution in [0.5, 0.6) is 0 Å². The van der Waals surface area contributed by atoms with Crippen molar-refractivity contribution < 1.29 is 14.2 Å². The molecule has 0 spiro atoms. The molecule has 28 heavy (non-hydrogen) atoms. The van der Waals surface area contributed by atoms with Crippen LogP contribution in [-0.4, -0.2) is 40.3 Å². The van der Waals surface area contributed by atoms with Gasteiger partial charge in [0.1, 0.15) is 0 Å². The fraction of sp³-hybridized carbons (Fsp3) is 0.158. The number of amides is 1. The van der Waals surface area contributed by atoms with Crippen LogP contribution in [-0.2, 0) is 10.6 Å². The second-order valence-electron chi connectivity index (χ2n) is 5.81. The smallest absolute Gasteiger partial charge is 0.277 e. The summed E-state index contributed by atoms with van der Waals surface area (Å²) in [6.07, 6.45) is 0. The first-order valence-corrected chi connectivity index (χ1v) is 10.2. The van der Waals surface area contributed by atoms with E-state index in [0.717, 1.165) is 20.1 Å². The zero-order valence-electron chi connectivity index (χ0n) is 15.2. The summed E-state index contributed by atoms with van der Waals surface area (Å²) in [5.74, 6) is 1.35. The minimum absolute atomic E-state index is 0.229. The molecule has 0 saturated carbocycles. The van der Waals surface area contributed by atoms with E-state index in [-0.39, 0.29) is 5.91 Å². The van der Waals surface area contributed by atoms with Crippen molar-refractivity contribution in [1.29, 1.82) is 0 Å². The van der Waals surface area contributed by atoms with E-state index in [1.807, 2.05) is 18.2 Å². The van der Waals surface area contributed by atoms with E-state index in [1.165, 1.54) is 12.2 Å². The lowest BCUT2D eigenvalue weighted by molar-refractivity contribution is -0.0756. The first-order chi connectivity index (χ1) is 13.6. The molecule has 0 bridgehead atoms. The molecule has 2 aromatic carbocycles. The number of carbonyl (C=O) groups excluding carboxylic acids is 1. The van der Waals surface area contributed by atoms with Crippen molar-refractivity contribution in [3.05, 3.63) is 59.9 Å². The van der Waals surface area contributed by atoms with Gasteiger partial charge >= 0.3 is 0 Å². The highest BCUT2D eigenvalue weighted by Crippen LogP contribution is 2.31. The number of fused-ring (bicyclic) bond motifs is 1. The molecule has 0 radical (unpaired) electrons. The van der Waals surface area contributed by atoms with Crippen molar-refractivity contribution in [2.45, 2.75) is 10.1 Å². The first kappa shape index (κ1) is 18.6. The van der Waals surface area contributed by atoms with Crippen LogP contribution in [0.2, 0.25) is 0 Å². The van der Waals surface area contributed by atoms with Gasteiger partial charge in [-0.2, -0.15) is 4.98 Å². The summed E-state index contributed by atoms with van der Waals surface area (Å²) in [5, 5.41) is 5.20. The molecule has 0 aliphatic rings. The van der Waals surface area contributed by atoms with Gasteiger partial charge < -0.3 is 4.52 Å². The summed E-state index contributed by atoms with van der Waals surface area (Å²) in [7, 11) is 3.00. The molecule has 2 heterocycles. The number of aromatic nitrogens is 3. The Morgan fingerprint density at radius 2 is 1.96 bits per heavy atom. The number of thiazole rings is 1. The van der Waals surface area contributed by atoms with Crippen LogP contribution in [0.3, 0.4) is 0 Å². The van der Waals surface area contributed by atoms with Gasteiger partial charge in [-0.3, -0.25) is 9.63 Å². The average molecular weight is 412 g/mol. The standard InChI is InChI=1S/C19H16N4O3S2/c1-23(25-2)18(24)13-9-7-12(8-10-13)17-21-16(22-26-17)11-27-19-20-14-5-3-4-6-15(14)28-19/h3-10H,11H2,1-2H3. The fourth-order valence-corrected chi connectivity index (χ4v) is 4.40. The van der Waals surface area contributed by atoms with Crippen molar-refractivity contribution >= 4 is 39.2 Å². The molecule has 4 rings (SSSR count). The number of hydrogen-bond acceptors (Lipinski definition) is 8. The van der Waals surface area contributed by atoms with Crippen LogP contribution in [0.25, 0.3) is 21.7 Å². The van der Waals surface area contributed by atoms with Crippen molar-refractivity contribution in [2.24, 2.45) is 0 Å². The fourth-order valence-electron chi connectivity index (χ4n) is 2.49. The monoisotopic (exact) mass is 412 g/mol. The normalized spacial score (nSPS) is 11.1. The Kier molecular flexibility index (Phi) is 5.38. The third-order valence-corrected chi connectivity index (χ3v) is 6.18. The maximum Gasteiger partial charge on any atom is 0.277 e. The predicted octanol–water partition coefficient (Wildman–Crippen LogP) is 4.27. The number of nitrogens with zero attached hydrogens (tertiary/aromatic N) is 4. The summed E-state index contributed by atoms with van der Waals surface area (Å²) < 4.78 is 7.49. The second kappa shape index (κ2) is 8.09. The maximum absolute atomic E-state index is 12.1. The van der Waals surface area contributed by atoms with Crippen LogP contribution in [0.4, 0.5) is 0 Å². The molecule has 0 aliphatic heterocycles. The Morgan fingerprint density at radius 3 is 2.71 bits per heavy atom. The van der Waals surface area contributed by atoms with Gasteiger partial charge in [0.2, 0.25) is 0 Å². The molecule has 0 unspecified atom stereocenters. The van der Waals surface area contributed by atoms with E-state index in [1.54, 1.807) is 54.4 Å². The number of benzene rings is 2. The Balaban J connectivity index is 1.43. The Hall–Kier alpha value is -2.75. The summed E-state index contributed by atoms with van der Waals surface area (Å²) in [6, 6.07) is 15.0. The predicted molar refractivity (Wildman–Crippen MR) is 108 cm³/mol. The Labute approximate surface area is 169 Å². The SMILES string of the molecule is CON(C)C(=O)c1ccc(-c2nc(CSc3nc4ccccc4s3)no2)cc1. The number of hydrogen-bond donors (Lipinski definition) is 0. The van der Waals surface area contributed by atoms with Crippen LogP contribution in [0.15, 0.2) is 57.4 Å². The lowest BCUT2D eigenvalue weighted by atomic mass is 10.1. The van der Waals surface area contributed by atoms with Crippen molar-refractivity contribution in [3.63, 3.8) is 0 Å². The largest absolute Gasteiger partial charge is 0.334 e. The van der Waals surface area contributed by atoms with Gasteiger partial charge in [-0.15, -0.1) is 11.3 Å². The highest BCUT2D eigenvalue weighted by atomic mass is 32.2. The molecule has 9 heteroatoms. The zero-order valence-corrected chi connectivity index (χ0v) is 16.8. The van der Waals surface area contributed by atoms with Gasteiger partial charge in [-0.1, -0.05) is 29.1 Å². The third kappa shape index (κ3) is 3.91. The molecule has 0 saturated heterocycles. The highest BCUT2D eigenvalue weighted by molar-refractivity contribution is 8.00. The molecule has 0 aliphatic carbocycles. The third-order valence-electron chi connectivity index (χ3n) is 4.01. The maximum atomic E-state index is 12.1. The van der Waals surface area contributed by atoms with E-state index in [2.05, 4.69) is 21.2 Å². The van der Waals surface area contributed by atoms with E-state index < -0.39 is 0 Å². The number of hydroxylamine groups is 2. The number of carbonyl (C=O) groups is 1. The van der Waals surface area contributed by atoms with Crippen molar-refractivity contribution in [2.75, 3.05) is 14.2 Å². The topological polar surface area (TPSA) is 81.4 Å². The quantitative estimate of drug-likeness (QED) is 0.345. The molecule has 2 aromatic heterocycles. The number of thioether (sulfide) groups is 1. The second-order valence-corrected chi connectivity index (χ2v) is 8.07. The van der Waals surface area contributed by atoms with Gasteiger partial charge in [-0.25, -0.2) is 10.0 Å². The van der Waals surface area contributed by atoms with E-state index in [4.69, 9.17) is 9.36 Å². The molecule has 4 aromatic rings. The average Bonchev–Trinajstić information content (AvgIpc) is 3.37. The van der Waals surface area contributed by atoms with Crippen molar-refractivity contribution in [3.8, 4) is 11.5 Å². The minimum Gasteiger partial charge on any atom is -0.334 e. The van der Waals surface area contributed by atoms with Crippen LogP contribution in [0, 0.1) is 0 Å². The summed E-state index contributed by atoms with van der Waals surface area (Å²) in [4.78, 5) is 26.0. The minimum atomic E-state index is -0.229. The summed E-state index contributed by atoms with van der Waals surface area (Å²) >= 11 is 3.23. The molecule has 0 N–H and O–H groups in total. The molecule has 7 nitrogen and oxygen atoms in total. The van der Waals surface area contributed by atoms with E-state index >= 15 is 0 Å². The van der Waals surface area contributed by atoms with E-state index in [9.17, 15) is 4.79 Å². The van der Waals surface area contributed by atoms with Gasteiger partial charge in [0.25, 0.3) is 11.8 Å². The molecule has 142 valence electrons. The molecule has 1 amide bonds. The van der Waals surface area contributed by atoms with Crippen LogP contribution >= 0.6 is 23.1 Å². The first-order valence-electron chi connectivity index (χ1n) is 8.37. The highest BCUT2D eigenvalue weighted by Gasteiger charge is 2.14. The van der Waals surface area contributed by atoms with E-state index in [0.29, 0.717) is 23.0 Å². The lowest BCUT2D eigenvalue weighted by Gasteiger charge is -2.13. The van der Waals surface area contributed by atoms with Crippen LogP contribution in [0.1, 0.15) is 16.2 Å².